The standard InChI is InChI=1S/C26H32N4O5S/c1-17-9-7-8-12-21(17)27-24(31)22(15-18-10-5-4-6-11-18)28-36(34,35)19-13-14-23-20(16-19)25(32)30(3)26(33)29(23)2/h4-6,10-11,13-14,16-17,21-22,28H,7-9,12,15H2,1-3H3,(H,27,31)/t17-,21+,22-/m1/s1. The molecule has 36 heavy (non-hydrogen) atoms. The molecule has 0 unspecified atom stereocenters. The van der Waals surface area contributed by atoms with Crippen LogP contribution in [-0.2, 0) is 35.3 Å². The zero-order valence-electron chi connectivity index (χ0n) is 20.7. The molecule has 0 aliphatic heterocycles. The lowest BCUT2D eigenvalue weighted by Gasteiger charge is -2.31. The van der Waals surface area contributed by atoms with Crippen LogP contribution in [-0.4, -0.2) is 35.5 Å². The number of carbonyl (C=O) groups excluding carboxylic acids is 1. The largest absolute Gasteiger partial charge is 0.352 e. The normalized spacial score (nSPS) is 19.2. The van der Waals surface area contributed by atoms with Crippen LogP contribution in [0.4, 0.5) is 0 Å². The summed E-state index contributed by atoms with van der Waals surface area (Å²) in [5, 5.41) is 3.17. The van der Waals surface area contributed by atoms with Crippen molar-refractivity contribution in [1.29, 1.82) is 0 Å². The molecule has 1 saturated carbocycles. The van der Waals surface area contributed by atoms with E-state index in [0.29, 0.717) is 11.4 Å². The minimum Gasteiger partial charge on any atom is -0.352 e. The van der Waals surface area contributed by atoms with Gasteiger partial charge >= 0.3 is 5.69 Å². The molecule has 1 amide bonds. The molecule has 1 heterocycles. The molecule has 0 bridgehead atoms. The first-order valence-electron chi connectivity index (χ1n) is 12.1. The predicted octanol–water partition coefficient (Wildman–Crippen LogP) is 1.82. The molecule has 0 radical (unpaired) electrons. The molecule has 2 aromatic carbocycles. The Bertz CT molecular complexity index is 1490. The number of sulfonamides is 1. The third-order valence-electron chi connectivity index (χ3n) is 7.08. The van der Waals surface area contributed by atoms with Crippen molar-refractivity contribution < 1.29 is 13.2 Å². The Balaban J connectivity index is 1.67. The number of amides is 1. The van der Waals surface area contributed by atoms with Crippen LogP contribution < -0.4 is 21.3 Å². The second-order valence-corrected chi connectivity index (χ2v) is 11.3. The monoisotopic (exact) mass is 512 g/mol. The Morgan fingerprint density at radius 2 is 1.72 bits per heavy atom. The van der Waals surface area contributed by atoms with Crippen molar-refractivity contribution in [3.63, 3.8) is 0 Å². The van der Waals surface area contributed by atoms with Crippen LogP contribution in [0.15, 0.2) is 63.0 Å². The molecule has 2 N–H and O–H groups in total. The fraction of sp³-hybridized carbons (Fsp3) is 0.423. The number of hydrogen-bond acceptors (Lipinski definition) is 5. The van der Waals surface area contributed by atoms with Crippen molar-refractivity contribution in [2.24, 2.45) is 20.0 Å². The summed E-state index contributed by atoms with van der Waals surface area (Å²) in [4.78, 5) is 38.1. The third-order valence-corrected chi connectivity index (χ3v) is 8.55. The Morgan fingerprint density at radius 3 is 2.42 bits per heavy atom. The van der Waals surface area contributed by atoms with E-state index in [9.17, 15) is 22.8 Å². The number of fused-ring (bicyclic) bond motifs is 1. The second-order valence-electron chi connectivity index (χ2n) is 9.63. The SMILES string of the molecule is C[C@@H]1CCCC[C@@H]1NC(=O)[C@@H](Cc1ccccc1)NS(=O)(=O)c1ccc2c(c1)c(=O)n(C)c(=O)n2C. The molecule has 0 saturated heterocycles. The number of hydrogen-bond donors (Lipinski definition) is 2. The molecule has 3 atom stereocenters. The number of benzene rings is 2. The van der Waals surface area contributed by atoms with Gasteiger partial charge in [0, 0.05) is 20.1 Å². The Labute approximate surface area is 210 Å². The third kappa shape index (κ3) is 5.29. The summed E-state index contributed by atoms with van der Waals surface area (Å²) in [6.07, 6.45) is 4.22. The molecule has 3 aromatic rings. The first kappa shape index (κ1) is 25.8. The van der Waals surface area contributed by atoms with Crippen LogP contribution in [0.2, 0.25) is 0 Å². The molecule has 9 nitrogen and oxygen atoms in total. The average Bonchev–Trinajstić information content (AvgIpc) is 2.87. The summed E-state index contributed by atoms with van der Waals surface area (Å²) in [6, 6.07) is 12.2. The molecule has 1 aliphatic rings. The fourth-order valence-corrected chi connectivity index (χ4v) is 6.07. The van der Waals surface area contributed by atoms with Crippen LogP contribution >= 0.6 is 0 Å². The molecule has 192 valence electrons. The van der Waals surface area contributed by atoms with Crippen molar-refractivity contribution in [3.8, 4) is 0 Å². The summed E-state index contributed by atoms with van der Waals surface area (Å²) in [5.74, 6) is -0.0553. The van der Waals surface area contributed by atoms with Crippen LogP contribution in [0.25, 0.3) is 10.9 Å². The lowest BCUT2D eigenvalue weighted by molar-refractivity contribution is -0.124. The lowest BCUT2D eigenvalue weighted by atomic mass is 9.86. The summed E-state index contributed by atoms with van der Waals surface area (Å²) < 4.78 is 31.6. The molecule has 0 spiro atoms. The quantitative estimate of drug-likeness (QED) is 0.501. The van der Waals surface area contributed by atoms with Gasteiger partial charge in [-0.25, -0.2) is 13.2 Å². The summed E-state index contributed by atoms with van der Waals surface area (Å²) in [6.45, 7) is 2.10. The van der Waals surface area contributed by atoms with Gasteiger partial charge in [-0.1, -0.05) is 50.1 Å². The zero-order chi connectivity index (χ0) is 26.0. The van der Waals surface area contributed by atoms with E-state index in [1.54, 1.807) is 0 Å². The maximum Gasteiger partial charge on any atom is 0.330 e. The fourth-order valence-electron chi connectivity index (χ4n) is 4.85. The van der Waals surface area contributed by atoms with E-state index < -0.39 is 27.3 Å². The van der Waals surface area contributed by atoms with Gasteiger partial charge in [0.1, 0.15) is 6.04 Å². The Morgan fingerprint density at radius 1 is 1.03 bits per heavy atom. The van der Waals surface area contributed by atoms with Crippen molar-refractivity contribution in [2.45, 2.75) is 56.0 Å². The van der Waals surface area contributed by atoms with Crippen LogP contribution in [0.5, 0.6) is 0 Å². The topological polar surface area (TPSA) is 119 Å². The molecule has 1 aromatic heterocycles. The van der Waals surface area contributed by atoms with Gasteiger partial charge in [0.05, 0.1) is 15.8 Å². The number of nitrogens with one attached hydrogen (secondary N) is 2. The summed E-state index contributed by atoms with van der Waals surface area (Å²) in [5.41, 5.74) is 0.0547. The first-order chi connectivity index (χ1) is 17.1. The van der Waals surface area contributed by atoms with Crippen LogP contribution in [0.1, 0.15) is 38.2 Å². The lowest BCUT2D eigenvalue weighted by Crippen LogP contribution is -2.52. The van der Waals surface area contributed by atoms with E-state index in [1.165, 1.54) is 36.9 Å². The maximum absolute atomic E-state index is 13.4. The van der Waals surface area contributed by atoms with Crippen molar-refractivity contribution >= 4 is 26.8 Å². The number of aromatic nitrogens is 2. The highest BCUT2D eigenvalue weighted by molar-refractivity contribution is 7.89. The maximum atomic E-state index is 13.4. The highest BCUT2D eigenvalue weighted by Gasteiger charge is 2.30. The van der Waals surface area contributed by atoms with E-state index in [-0.39, 0.29) is 28.7 Å². The average molecular weight is 513 g/mol. The van der Waals surface area contributed by atoms with Crippen molar-refractivity contribution in [2.75, 3.05) is 0 Å². The van der Waals surface area contributed by atoms with Gasteiger partial charge < -0.3 is 5.32 Å². The molecule has 10 heteroatoms. The molecule has 4 rings (SSSR count). The van der Waals surface area contributed by atoms with Gasteiger partial charge in [-0.05, 0) is 48.9 Å². The van der Waals surface area contributed by atoms with Crippen molar-refractivity contribution in [1.82, 2.24) is 19.2 Å². The first-order valence-corrected chi connectivity index (χ1v) is 13.6. The molecule has 1 fully saturated rings. The minimum atomic E-state index is -4.17. The van der Waals surface area contributed by atoms with Gasteiger partial charge in [-0.2, -0.15) is 4.72 Å². The van der Waals surface area contributed by atoms with E-state index in [2.05, 4.69) is 17.0 Å². The molecular weight excluding hydrogens is 480 g/mol. The van der Waals surface area contributed by atoms with E-state index >= 15 is 0 Å². The van der Waals surface area contributed by atoms with E-state index in [4.69, 9.17) is 0 Å². The van der Waals surface area contributed by atoms with Gasteiger partial charge in [-0.3, -0.25) is 18.7 Å². The molecular formula is C26H32N4O5S. The number of nitrogens with zero attached hydrogens (tertiary/aromatic N) is 2. The van der Waals surface area contributed by atoms with Crippen LogP contribution in [0, 0.1) is 5.92 Å². The minimum absolute atomic E-state index is 0.000921. The van der Waals surface area contributed by atoms with E-state index in [0.717, 1.165) is 35.8 Å². The molecule has 1 aliphatic carbocycles. The summed E-state index contributed by atoms with van der Waals surface area (Å²) in [7, 11) is -1.31. The highest BCUT2D eigenvalue weighted by Crippen LogP contribution is 2.24. The second kappa shape index (κ2) is 10.4. The van der Waals surface area contributed by atoms with E-state index in [1.807, 2.05) is 30.3 Å². The zero-order valence-corrected chi connectivity index (χ0v) is 21.5. The van der Waals surface area contributed by atoms with Crippen LogP contribution in [0.3, 0.4) is 0 Å². The van der Waals surface area contributed by atoms with Gasteiger partial charge in [-0.15, -0.1) is 0 Å². The number of rotatable bonds is 7. The van der Waals surface area contributed by atoms with Gasteiger partial charge in [0.15, 0.2) is 0 Å². The summed E-state index contributed by atoms with van der Waals surface area (Å²) >= 11 is 0. The highest BCUT2D eigenvalue weighted by atomic mass is 32.2. The predicted molar refractivity (Wildman–Crippen MR) is 138 cm³/mol. The van der Waals surface area contributed by atoms with Crippen molar-refractivity contribution in [3.05, 3.63) is 74.9 Å². The number of carbonyl (C=O) groups is 1. The Hall–Kier alpha value is -3.24. The number of aryl methyl sites for hydroxylation is 1. The van der Waals surface area contributed by atoms with Gasteiger partial charge in [0.25, 0.3) is 5.56 Å². The van der Waals surface area contributed by atoms with Gasteiger partial charge in [0.2, 0.25) is 15.9 Å². The Kier molecular flexibility index (Phi) is 7.46. The smallest absolute Gasteiger partial charge is 0.330 e.